The van der Waals surface area contributed by atoms with Crippen LogP contribution in [0, 0.1) is 5.41 Å². The summed E-state index contributed by atoms with van der Waals surface area (Å²) in [7, 11) is 0. The summed E-state index contributed by atoms with van der Waals surface area (Å²) >= 11 is 0. The molecule has 3 rings (SSSR count). The average Bonchev–Trinajstić information content (AvgIpc) is 2.97. The molecule has 2 aromatic rings. The lowest BCUT2D eigenvalue weighted by Gasteiger charge is -2.38. The molecule has 1 N–H and O–H groups in total. The lowest BCUT2D eigenvalue weighted by atomic mass is 9.83. The molecule has 5 nitrogen and oxygen atoms in total. The van der Waals surface area contributed by atoms with Crippen molar-refractivity contribution in [1.82, 2.24) is 15.0 Å². The lowest BCUT2D eigenvalue weighted by molar-refractivity contribution is 0.0382. The molecule has 1 saturated heterocycles. The smallest absolute Gasteiger partial charge is 0.241 e. The van der Waals surface area contributed by atoms with Crippen LogP contribution in [0.25, 0.3) is 11.4 Å². The zero-order valence-electron chi connectivity index (χ0n) is 12.3. The number of piperidine rings is 1. The molecule has 0 bridgehead atoms. The Balaban J connectivity index is 1.67. The Hall–Kier alpha value is -1.72. The van der Waals surface area contributed by atoms with Crippen LogP contribution in [0.15, 0.2) is 34.9 Å². The van der Waals surface area contributed by atoms with Crippen molar-refractivity contribution in [2.75, 3.05) is 19.7 Å². The maximum Gasteiger partial charge on any atom is 0.241 e. The van der Waals surface area contributed by atoms with Crippen LogP contribution in [0.3, 0.4) is 0 Å². The number of hydrogen-bond donors (Lipinski definition) is 1. The highest BCUT2D eigenvalue weighted by atomic mass is 16.5. The number of likely N-dealkylation sites (tertiary alicyclic amines) is 1. The molecule has 1 aliphatic rings. The molecule has 0 aliphatic carbocycles. The second kappa shape index (κ2) is 5.95. The van der Waals surface area contributed by atoms with Crippen molar-refractivity contribution in [3.8, 4) is 11.4 Å². The van der Waals surface area contributed by atoms with E-state index in [0.717, 1.165) is 31.5 Å². The number of hydrogen-bond acceptors (Lipinski definition) is 5. The summed E-state index contributed by atoms with van der Waals surface area (Å²) in [5, 5.41) is 13.6. The van der Waals surface area contributed by atoms with Crippen LogP contribution in [0.2, 0.25) is 0 Å². The van der Waals surface area contributed by atoms with Gasteiger partial charge in [0.1, 0.15) is 0 Å². The third-order valence-corrected chi connectivity index (χ3v) is 4.10. The van der Waals surface area contributed by atoms with E-state index in [1.54, 1.807) is 0 Å². The van der Waals surface area contributed by atoms with Gasteiger partial charge in [0.05, 0.1) is 6.54 Å². The molecule has 0 spiro atoms. The van der Waals surface area contributed by atoms with Gasteiger partial charge in [-0.2, -0.15) is 4.98 Å². The lowest BCUT2D eigenvalue weighted by Crippen LogP contribution is -2.43. The van der Waals surface area contributed by atoms with E-state index in [0.29, 0.717) is 18.3 Å². The van der Waals surface area contributed by atoms with Crippen LogP contribution in [-0.4, -0.2) is 39.8 Å². The Kier molecular flexibility index (Phi) is 4.03. The van der Waals surface area contributed by atoms with Gasteiger partial charge in [0.15, 0.2) is 0 Å². The van der Waals surface area contributed by atoms with Crippen molar-refractivity contribution in [2.45, 2.75) is 26.3 Å². The fourth-order valence-corrected chi connectivity index (χ4v) is 2.91. The minimum absolute atomic E-state index is 0.0134. The largest absolute Gasteiger partial charge is 0.396 e. The third-order valence-electron chi connectivity index (χ3n) is 4.10. The second-order valence-corrected chi connectivity index (χ2v) is 6.16. The van der Waals surface area contributed by atoms with Crippen molar-refractivity contribution in [2.24, 2.45) is 5.41 Å². The van der Waals surface area contributed by atoms with E-state index in [9.17, 15) is 5.11 Å². The first-order chi connectivity index (χ1) is 10.2. The number of benzene rings is 1. The van der Waals surface area contributed by atoms with Gasteiger partial charge in [-0.3, -0.25) is 4.90 Å². The first-order valence-corrected chi connectivity index (χ1v) is 7.40. The number of rotatable bonds is 4. The molecule has 1 unspecified atom stereocenters. The average molecular weight is 287 g/mol. The van der Waals surface area contributed by atoms with E-state index in [1.807, 2.05) is 30.3 Å². The topological polar surface area (TPSA) is 62.4 Å². The highest BCUT2D eigenvalue weighted by Crippen LogP contribution is 2.29. The van der Waals surface area contributed by atoms with E-state index in [4.69, 9.17) is 4.52 Å². The van der Waals surface area contributed by atoms with Gasteiger partial charge < -0.3 is 9.63 Å². The summed E-state index contributed by atoms with van der Waals surface area (Å²) in [5.74, 6) is 1.27. The van der Waals surface area contributed by atoms with E-state index < -0.39 is 0 Å². The van der Waals surface area contributed by atoms with Gasteiger partial charge in [0, 0.05) is 24.1 Å². The summed E-state index contributed by atoms with van der Waals surface area (Å²) in [6, 6.07) is 9.83. The zero-order chi connectivity index (χ0) is 14.7. The number of aliphatic hydroxyl groups excluding tert-OH is 1. The molecule has 1 aromatic carbocycles. The first kappa shape index (κ1) is 14.2. The van der Waals surface area contributed by atoms with Crippen LogP contribution in [0.4, 0.5) is 0 Å². The minimum atomic E-state index is -0.0134. The molecule has 0 radical (unpaired) electrons. The van der Waals surface area contributed by atoms with Gasteiger partial charge in [-0.1, -0.05) is 42.4 Å². The second-order valence-electron chi connectivity index (χ2n) is 6.16. The highest BCUT2D eigenvalue weighted by Gasteiger charge is 2.31. The molecular formula is C16H21N3O2. The predicted molar refractivity (Wildman–Crippen MR) is 79.4 cm³/mol. The maximum absolute atomic E-state index is 9.51. The summed E-state index contributed by atoms with van der Waals surface area (Å²) in [5.41, 5.74) is 0.951. The molecule has 2 heterocycles. The monoisotopic (exact) mass is 287 g/mol. The summed E-state index contributed by atoms with van der Waals surface area (Å²) in [6.07, 6.45) is 2.16. The van der Waals surface area contributed by atoms with Crippen molar-refractivity contribution in [3.63, 3.8) is 0 Å². The third kappa shape index (κ3) is 3.31. The molecule has 5 heteroatoms. The fraction of sp³-hybridized carbons (Fsp3) is 0.500. The van der Waals surface area contributed by atoms with Gasteiger partial charge in [0.2, 0.25) is 11.7 Å². The van der Waals surface area contributed by atoms with E-state index in [2.05, 4.69) is 22.0 Å². The molecule has 21 heavy (non-hydrogen) atoms. The molecule has 0 saturated carbocycles. The van der Waals surface area contributed by atoms with Gasteiger partial charge >= 0.3 is 0 Å². The number of nitrogens with zero attached hydrogens (tertiary/aromatic N) is 3. The summed E-state index contributed by atoms with van der Waals surface area (Å²) in [4.78, 5) is 6.75. The van der Waals surface area contributed by atoms with Crippen LogP contribution >= 0.6 is 0 Å². The SMILES string of the molecule is CC1(CO)CCCN(Cc2nc(-c3ccccc3)no2)C1. The van der Waals surface area contributed by atoms with E-state index in [1.165, 1.54) is 0 Å². The molecule has 0 amide bonds. The van der Waals surface area contributed by atoms with Crippen molar-refractivity contribution < 1.29 is 9.63 Å². The van der Waals surface area contributed by atoms with E-state index >= 15 is 0 Å². The first-order valence-electron chi connectivity index (χ1n) is 7.40. The van der Waals surface area contributed by atoms with Crippen LogP contribution in [0.5, 0.6) is 0 Å². The zero-order valence-corrected chi connectivity index (χ0v) is 12.3. The van der Waals surface area contributed by atoms with Crippen LogP contribution < -0.4 is 0 Å². The van der Waals surface area contributed by atoms with Crippen molar-refractivity contribution >= 4 is 0 Å². The van der Waals surface area contributed by atoms with Crippen molar-refractivity contribution in [1.29, 1.82) is 0 Å². The predicted octanol–water partition coefficient (Wildman–Crippen LogP) is 2.33. The summed E-state index contributed by atoms with van der Waals surface area (Å²) in [6.45, 7) is 4.88. The normalized spacial score (nSPS) is 23.3. The van der Waals surface area contributed by atoms with Gasteiger partial charge in [-0.05, 0) is 19.4 Å². The Morgan fingerprint density at radius 3 is 2.90 bits per heavy atom. The maximum atomic E-state index is 9.51. The van der Waals surface area contributed by atoms with Gasteiger partial charge in [-0.15, -0.1) is 0 Å². The molecule has 1 aliphatic heterocycles. The number of aliphatic hydroxyl groups is 1. The fourth-order valence-electron chi connectivity index (χ4n) is 2.91. The van der Waals surface area contributed by atoms with Gasteiger partial charge in [0.25, 0.3) is 0 Å². The van der Waals surface area contributed by atoms with E-state index in [-0.39, 0.29) is 12.0 Å². The molecular weight excluding hydrogens is 266 g/mol. The Bertz CT molecular complexity index is 584. The van der Waals surface area contributed by atoms with Crippen LogP contribution in [0.1, 0.15) is 25.7 Å². The summed E-state index contributed by atoms with van der Waals surface area (Å²) < 4.78 is 5.36. The minimum Gasteiger partial charge on any atom is -0.396 e. The molecule has 1 aromatic heterocycles. The Morgan fingerprint density at radius 1 is 1.33 bits per heavy atom. The number of aromatic nitrogens is 2. The molecule has 1 fully saturated rings. The van der Waals surface area contributed by atoms with Gasteiger partial charge in [-0.25, -0.2) is 0 Å². The molecule has 112 valence electrons. The standard InChI is InChI=1S/C16H21N3O2/c1-16(12-20)8-5-9-19(11-16)10-14-17-15(18-21-14)13-6-3-2-4-7-13/h2-4,6-7,20H,5,8-12H2,1H3. The van der Waals surface area contributed by atoms with Crippen LogP contribution in [-0.2, 0) is 6.54 Å². The quantitative estimate of drug-likeness (QED) is 0.935. The Morgan fingerprint density at radius 2 is 2.14 bits per heavy atom. The molecule has 1 atom stereocenters. The highest BCUT2D eigenvalue weighted by molar-refractivity contribution is 5.53. The van der Waals surface area contributed by atoms with Crippen molar-refractivity contribution in [3.05, 3.63) is 36.2 Å². The Labute approximate surface area is 124 Å².